The SMILES string of the molecule is Brc1ccccc1-c1cc2nncn2cn1. The highest BCUT2D eigenvalue weighted by molar-refractivity contribution is 9.10. The van der Waals surface area contributed by atoms with E-state index < -0.39 is 0 Å². The van der Waals surface area contributed by atoms with Crippen LogP contribution in [0.25, 0.3) is 16.9 Å². The summed E-state index contributed by atoms with van der Waals surface area (Å²) < 4.78 is 2.80. The molecule has 0 aliphatic rings. The Labute approximate surface area is 100 Å². The highest BCUT2D eigenvalue weighted by Gasteiger charge is 2.05. The lowest BCUT2D eigenvalue weighted by molar-refractivity contribution is 1.07. The van der Waals surface area contributed by atoms with E-state index in [1.54, 1.807) is 17.1 Å². The van der Waals surface area contributed by atoms with Crippen LogP contribution in [0.3, 0.4) is 0 Å². The maximum Gasteiger partial charge on any atom is 0.163 e. The lowest BCUT2D eigenvalue weighted by Crippen LogP contribution is -1.90. The first-order chi connectivity index (χ1) is 7.84. The van der Waals surface area contributed by atoms with Gasteiger partial charge in [-0.25, -0.2) is 4.98 Å². The van der Waals surface area contributed by atoms with Crippen LogP contribution in [0.5, 0.6) is 0 Å². The first-order valence-electron chi connectivity index (χ1n) is 4.75. The van der Waals surface area contributed by atoms with Crippen LogP contribution >= 0.6 is 15.9 Å². The standard InChI is InChI=1S/C11H7BrN4/c12-9-4-2-1-3-8(9)10-5-11-15-14-7-16(11)6-13-10/h1-7H. The minimum atomic E-state index is 0.792. The maximum atomic E-state index is 4.36. The average molecular weight is 275 g/mol. The van der Waals surface area contributed by atoms with Crippen molar-refractivity contribution >= 4 is 21.6 Å². The minimum absolute atomic E-state index is 0.792. The first kappa shape index (κ1) is 9.47. The number of aromatic nitrogens is 4. The molecule has 0 atom stereocenters. The quantitative estimate of drug-likeness (QED) is 0.685. The number of fused-ring (bicyclic) bond motifs is 1. The Hall–Kier alpha value is -1.75. The topological polar surface area (TPSA) is 43.1 Å². The van der Waals surface area contributed by atoms with Crippen molar-refractivity contribution in [2.24, 2.45) is 0 Å². The molecule has 0 radical (unpaired) electrons. The van der Waals surface area contributed by atoms with Gasteiger partial charge < -0.3 is 0 Å². The molecular weight excluding hydrogens is 268 g/mol. The van der Waals surface area contributed by atoms with Crippen LogP contribution in [0, 0.1) is 0 Å². The van der Waals surface area contributed by atoms with Gasteiger partial charge in [-0.1, -0.05) is 34.1 Å². The summed E-state index contributed by atoms with van der Waals surface area (Å²) in [6.07, 6.45) is 3.34. The molecule has 0 spiro atoms. The number of benzene rings is 1. The van der Waals surface area contributed by atoms with E-state index in [1.165, 1.54) is 0 Å². The summed E-state index contributed by atoms with van der Waals surface area (Å²) in [4.78, 5) is 4.36. The molecule has 3 aromatic rings. The molecule has 0 amide bonds. The van der Waals surface area contributed by atoms with Gasteiger partial charge in [0.25, 0.3) is 0 Å². The summed E-state index contributed by atoms with van der Waals surface area (Å²) in [7, 11) is 0. The molecule has 2 aromatic heterocycles. The van der Waals surface area contributed by atoms with Crippen LogP contribution in [0.15, 0.2) is 47.5 Å². The number of hydrogen-bond donors (Lipinski definition) is 0. The second-order valence-corrected chi connectivity index (χ2v) is 4.20. The highest BCUT2D eigenvalue weighted by atomic mass is 79.9. The van der Waals surface area contributed by atoms with Gasteiger partial charge in [0.2, 0.25) is 0 Å². The molecule has 16 heavy (non-hydrogen) atoms. The van der Waals surface area contributed by atoms with E-state index in [0.29, 0.717) is 0 Å². The fraction of sp³-hybridized carbons (Fsp3) is 0. The van der Waals surface area contributed by atoms with Crippen LogP contribution in [0.4, 0.5) is 0 Å². The summed E-state index contributed by atoms with van der Waals surface area (Å²) in [6, 6.07) is 9.87. The summed E-state index contributed by atoms with van der Waals surface area (Å²) in [5.74, 6) is 0. The Bertz CT molecular complexity index is 647. The summed E-state index contributed by atoms with van der Waals surface area (Å²) in [5.41, 5.74) is 2.72. The van der Waals surface area contributed by atoms with E-state index in [2.05, 4.69) is 31.1 Å². The van der Waals surface area contributed by atoms with E-state index >= 15 is 0 Å². The van der Waals surface area contributed by atoms with Gasteiger partial charge in [0.1, 0.15) is 12.7 Å². The van der Waals surface area contributed by atoms with Gasteiger partial charge in [-0.2, -0.15) is 0 Å². The van der Waals surface area contributed by atoms with Gasteiger partial charge in [0, 0.05) is 16.1 Å². The minimum Gasteiger partial charge on any atom is -0.272 e. The van der Waals surface area contributed by atoms with Crippen molar-refractivity contribution in [3.63, 3.8) is 0 Å². The molecule has 0 fully saturated rings. The van der Waals surface area contributed by atoms with E-state index in [-0.39, 0.29) is 0 Å². The zero-order chi connectivity index (χ0) is 11.0. The van der Waals surface area contributed by atoms with Crippen molar-refractivity contribution in [3.8, 4) is 11.3 Å². The van der Waals surface area contributed by atoms with Gasteiger partial charge >= 0.3 is 0 Å². The molecule has 2 heterocycles. The molecule has 4 nitrogen and oxygen atoms in total. The van der Waals surface area contributed by atoms with Crippen LogP contribution in [0.2, 0.25) is 0 Å². The number of rotatable bonds is 1. The first-order valence-corrected chi connectivity index (χ1v) is 5.54. The lowest BCUT2D eigenvalue weighted by atomic mass is 10.1. The van der Waals surface area contributed by atoms with Gasteiger partial charge in [0.05, 0.1) is 5.69 Å². The van der Waals surface area contributed by atoms with Crippen LogP contribution in [-0.2, 0) is 0 Å². The normalized spacial score (nSPS) is 10.8. The average Bonchev–Trinajstić information content (AvgIpc) is 2.76. The molecule has 0 saturated heterocycles. The fourth-order valence-electron chi connectivity index (χ4n) is 1.54. The second kappa shape index (κ2) is 3.68. The zero-order valence-corrected chi connectivity index (χ0v) is 9.79. The molecule has 5 heteroatoms. The molecule has 0 bridgehead atoms. The fourth-order valence-corrected chi connectivity index (χ4v) is 2.03. The number of halogens is 1. The largest absolute Gasteiger partial charge is 0.272 e. The molecule has 0 aliphatic carbocycles. The lowest BCUT2D eigenvalue weighted by Gasteiger charge is -2.03. The van der Waals surface area contributed by atoms with Crippen molar-refractivity contribution in [3.05, 3.63) is 47.5 Å². The van der Waals surface area contributed by atoms with Crippen molar-refractivity contribution in [2.75, 3.05) is 0 Å². The third-order valence-electron chi connectivity index (χ3n) is 2.34. The smallest absolute Gasteiger partial charge is 0.163 e. The molecular formula is C11H7BrN4. The predicted molar refractivity (Wildman–Crippen MR) is 63.9 cm³/mol. The summed E-state index contributed by atoms with van der Waals surface area (Å²) >= 11 is 3.50. The predicted octanol–water partition coefficient (Wildman–Crippen LogP) is 2.55. The van der Waals surface area contributed by atoms with Gasteiger partial charge in [-0.15, -0.1) is 10.2 Å². The Balaban J connectivity index is 2.22. The number of hydrogen-bond acceptors (Lipinski definition) is 3. The third kappa shape index (κ3) is 1.49. The summed E-state index contributed by atoms with van der Waals surface area (Å²) in [6.45, 7) is 0. The zero-order valence-electron chi connectivity index (χ0n) is 8.21. The Morgan fingerprint density at radius 2 is 2.00 bits per heavy atom. The Morgan fingerprint density at radius 1 is 1.12 bits per heavy atom. The van der Waals surface area contributed by atoms with E-state index in [9.17, 15) is 0 Å². The molecule has 0 N–H and O–H groups in total. The van der Waals surface area contributed by atoms with Crippen LogP contribution in [-0.4, -0.2) is 19.6 Å². The Morgan fingerprint density at radius 3 is 2.88 bits per heavy atom. The maximum absolute atomic E-state index is 4.36. The van der Waals surface area contributed by atoms with E-state index in [1.807, 2.05) is 30.3 Å². The van der Waals surface area contributed by atoms with Crippen LogP contribution < -0.4 is 0 Å². The molecule has 0 unspecified atom stereocenters. The van der Waals surface area contributed by atoms with Crippen LogP contribution in [0.1, 0.15) is 0 Å². The van der Waals surface area contributed by atoms with Gasteiger partial charge in [-0.3, -0.25) is 4.40 Å². The van der Waals surface area contributed by atoms with Gasteiger partial charge in [-0.05, 0) is 6.07 Å². The second-order valence-electron chi connectivity index (χ2n) is 3.35. The van der Waals surface area contributed by atoms with Crippen molar-refractivity contribution in [2.45, 2.75) is 0 Å². The molecule has 78 valence electrons. The number of nitrogens with zero attached hydrogens (tertiary/aromatic N) is 4. The molecule has 0 aliphatic heterocycles. The van der Waals surface area contributed by atoms with Crippen molar-refractivity contribution in [1.82, 2.24) is 19.6 Å². The van der Waals surface area contributed by atoms with Crippen molar-refractivity contribution in [1.29, 1.82) is 0 Å². The van der Waals surface area contributed by atoms with Crippen molar-refractivity contribution < 1.29 is 0 Å². The summed E-state index contributed by atoms with van der Waals surface area (Å²) in [5, 5.41) is 7.81. The highest BCUT2D eigenvalue weighted by Crippen LogP contribution is 2.26. The third-order valence-corrected chi connectivity index (χ3v) is 3.03. The van der Waals surface area contributed by atoms with Gasteiger partial charge in [0.15, 0.2) is 5.65 Å². The molecule has 1 aromatic carbocycles. The molecule has 3 rings (SSSR count). The van der Waals surface area contributed by atoms with E-state index in [4.69, 9.17) is 0 Å². The van der Waals surface area contributed by atoms with E-state index in [0.717, 1.165) is 21.4 Å². The Kier molecular flexibility index (Phi) is 2.18. The molecule has 0 saturated carbocycles. The monoisotopic (exact) mass is 274 g/mol.